The topological polar surface area (TPSA) is 81.9 Å². The number of hydrogen-bond acceptors (Lipinski definition) is 5. The molecule has 1 unspecified atom stereocenters. The Hall–Kier alpha value is -2.15. The lowest BCUT2D eigenvalue weighted by Crippen LogP contribution is -2.39. The maximum Gasteiger partial charge on any atom is 0.407 e. The number of rotatable bonds is 4. The van der Waals surface area contributed by atoms with Crippen LogP contribution in [0.25, 0.3) is 11.4 Å². The van der Waals surface area contributed by atoms with E-state index in [2.05, 4.69) is 20.3 Å². The van der Waals surface area contributed by atoms with E-state index in [1.54, 1.807) is 18.6 Å². The maximum atomic E-state index is 11.7. The molecule has 2 rings (SSSR count). The van der Waals surface area contributed by atoms with Gasteiger partial charge in [-0.2, -0.15) is 0 Å². The first-order chi connectivity index (χ1) is 10.7. The van der Waals surface area contributed by atoms with Gasteiger partial charge in [0.15, 0.2) is 0 Å². The van der Waals surface area contributed by atoms with Gasteiger partial charge in [-0.3, -0.25) is 0 Å². The highest BCUT2D eigenvalue weighted by Gasteiger charge is 2.18. The van der Waals surface area contributed by atoms with E-state index in [9.17, 15) is 4.79 Å². The Balaban J connectivity index is 1.95. The van der Waals surface area contributed by atoms with Gasteiger partial charge in [0.2, 0.25) is 5.28 Å². The van der Waals surface area contributed by atoms with Crippen molar-refractivity contribution in [1.82, 2.24) is 24.8 Å². The molecule has 2 aromatic rings. The molecule has 0 spiro atoms. The fourth-order valence-electron chi connectivity index (χ4n) is 1.94. The summed E-state index contributed by atoms with van der Waals surface area (Å²) < 4.78 is 7.10. The molecule has 0 radical (unpaired) electrons. The van der Waals surface area contributed by atoms with Crippen molar-refractivity contribution in [3.63, 3.8) is 0 Å². The SMILES string of the molecule is CC(Cn1cnc(-c2ccnc(Cl)n2)c1)NC(=O)OC(C)(C)C. The number of amides is 1. The number of carbonyl (C=O) groups is 1. The van der Waals surface area contributed by atoms with Gasteiger partial charge in [-0.05, 0) is 45.4 Å². The second-order valence-electron chi connectivity index (χ2n) is 6.21. The molecule has 23 heavy (non-hydrogen) atoms. The monoisotopic (exact) mass is 337 g/mol. The van der Waals surface area contributed by atoms with Crippen LogP contribution in [-0.4, -0.2) is 37.3 Å². The highest BCUT2D eigenvalue weighted by molar-refractivity contribution is 6.28. The second kappa shape index (κ2) is 6.95. The summed E-state index contributed by atoms with van der Waals surface area (Å²) >= 11 is 5.78. The Kier molecular flexibility index (Phi) is 5.20. The molecule has 0 aliphatic rings. The summed E-state index contributed by atoms with van der Waals surface area (Å²) in [6, 6.07) is 1.63. The van der Waals surface area contributed by atoms with Crippen LogP contribution >= 0.6 is 11.6 Å². The number of carbonyl (C=O) groups excluding carboxylic acids is 1. The van der Waals surface area contributed by atoms with Crippen molar-refractivity contribution in [2.45, 2.75) is 45.9 Å². The van der Waals surface area contributed by atoms with Crippen molar-refractivity contribution in [3.8, 4) is 11.4 Å². The quantitative estimate of drug-likeness (QED) is 0.867. The van der Waals surface area contributed by atoms with Crippen molar-refractivity contribution in [3.05, 3.63) is 30.1 Å². The number of ether oxygens (including phenoxy) is 1. The standard InChI is InChI=1S/C15H20ClN5O2/c1-10(19-14(22)23-15(2,3)4)7-21-8-12(18-9-21)11-5-6-17-13(16)20-11/h5-6,8-10H,7H2,1-4H3,(H,19,22). The Morgan fingerprint density at radius 1 is 1.39 bits per heavy atom. The molecule has 124 valence electrons. The molecule has 1 amide bonds. The molecule has 0 fully saturated rings. The number of halogens is 1. The predicted molar refractivity (Wildman–Crippen MR) is 87.1 cm³/mol. The zero-order chi connectivity index (χ0) is 17.0. The second-order valence-corrected chi connectivity index (χ2v) is 6.55. The average molecular weight is 338 g/mol. The van der Waals surface area contributed by atoms with Gasteiger partial charge in [0, 0.05) is 25.0 Å². The number of aromatic nitrogens is 4. The van der Waals surface area contributed by atoms with Crippen LogP contribution in [0.5, 0.6) is 0 Å². The van der Waals surface area contributed by atoms with Crippen molar-refractivity contribution in [2.24, 2.45) is 0 Å². The van der Waals surface area contributed by atoms with E-state index < -0.39 is 11.7 Å². The first-order valence-corrected chi connectivity index (χ1v) is 7.61. The van der Waals surface area contributed by atoms with Crippen LogP contribution in [0, 0.1) is 0 Å². The number of nitrogens with zero attached hydrogens (tertiary/aromatic N) is 4. The van der Waals surface area contributed by atoms with Crippen molar-refractivity contribution >= 4 is 17.7 Å². The molecule has 0 saturated carbocycles. The summed E-state index contributed by atoms with van der Waals surface area (Å²) in [5.74, 6) is 0. The summed E-state index contributed by atoms with van der Waals surface area (Å²) in [5.41, 5.74) is 0.827. The minimum atomic E-state index is -0.516. The lowest BCUT2D eigenvalue weighted by Gasteiger charge is -2.22. The van der Waals surface area contributed by atoms with E-state index in [4.69, 9.17) is 16.3 Å². The van der Waals surface area contributed by atoms with Crippen LogP contribution in [0.2, 0.25) is 5.28 Å². The van der Waals surface area contributed by atoms with E-state index in [1.165, 1.54) is 0 Å². The molecule has 0 aromatic carbocycles. The summed E-state index contributed by atoms with van der Waals surface area (Å²) in [6.45, 7) is 7.93. The minimum Gasteiger partial charge on any atom is -0.444 e. The van der Waals surface area contributed by atoms with Gasteiger partial charge in [-0.25, -0.2) is 19.7 Å². The molecule has 1 N–H and O–H groups in total. The zero-order valence-corrected chi connectivity index (χ0v) is 14.3. The average Bonchev–Trinajstić information content (AvgIpc) is 2.84. The van der Waals surface area contributed by atoms with Gasteiger partial charge in [0.25, 0.3) is 0 Å². The van der Waals surface area contributed by atoms with Gasteiger partial charge in [-0.15, -0.1) is 0 Å². The Morgan fingerprint density at radius 2 is 2.13 bits per heavy atom. The van der Waals surface area contributed by atoms with Crippen LogP contribution < -0.4 is 5.32 Å². The van der Waals surface area contributed by atoms with Crippen LogP contribution in [0.4, 0.5) is 4.79 Å². The van der Waals surface area contributed by atoms with Crippen LogP contribution in [0.15, 0.2) is 24.8 Å². The molecular formula is C15H20ClN5O2. The molecule has 0 aliphatic heterocycles. The molecule has 7 nitrogen and oxygen atoms in total. The lowest BCUT2D eigenvalue weighted by atomic mass is 10.2. The number of alkyl carbamates (subject to hydrolysis) is 1. The number of nitrogens with one attached hydrogen (secondary N) is 1. The van der Waals surface area contributed by atoms with Gasteiger partial charge in [-0.1, -0.05) is 0 Å². The van der Waals surface area contributed by atoms with E-state index in [0.29, 0.717) is 17.9 Å². The normalized spacial score (nSPS) is 12.7. The summed E-state index contributed by atoms with van der Waals surface area (Å²) in [5, 5.41) is 2.96. The molecule has 1 atom stereocenters. The van der Waals surface area contributed by atoms with Gasteiger partial charge < -0.3 is 14.6 Å². The molecule has 0 saturated heterocycles. The first kappa shape index (κ1) is 17.2. The summed E-state index contributed by atoms with van der Waals surface area (Å²) in [4.78, 5) is 24.0. The predicted octanol–water partition coefficient (Wildman–Crippen LogP) is 2.91. The van der Waals surface area contributed by atoms with E-state index in [0.717, 1.165) is 0 Å². The van der Waals surface area contributed by atoms with E-state index in [-0.39, 0.29) is 11.3 Å². The first-order valence-electron chi connectivity index (χ1n) is 7.23. The molecule has 0 bridgehead atoms. The number of hydrogen-bond donors (Lipinski definition) is 1. The van der Waals surface area contributed by atoms with Crippen molar-refractivity contribution in [1.29, 1.82) is 0 Å². The van der Waals surface area contributed by atoms with Crippen LogP contribution in [0.3, 0.4) is 0 Å². The van der Waals surface area contributed by atoms with Crippen LogP contribution in [0.1, 0.15) is 27.7 Å². The third-order valence-electron chi connectivity index (χ3n) is 2.77. The minimum absolute atomic E-state index is 0.110. The smallest absolute Gasteiger partial charge is 0.407 e. The fraction of sp³-hybridized carbons (Fsp3) is 0.467. The Bertz CT molecular complexity index is 681. The molecule has 2 aromatic heterocycles. The van der Waals surface area contributed by atoms with E-state index >= 15 is 0 Å². The Morgan fingerprint density at radius 3 is 2.78 bits per heavy atom. The van der Waals surface area contributed by atoms with Gasteiger partial charge in [0.1, 0.15) is 11.3 Å². The maximum absolute atomic E-state index is 11.7. The molecule has 2 heterocycles. The lowest BCUT2D eigenvalue weighted by molar-refractivity contribution is 0.0504. The largest absolute Gasteiger partial charge is 0.444 e. The third-order valence-corrected chi connectivity index (χ3v) is 2.95. The molecule has 0 aliphatic carbocycles. The summed E-state index contributed by atoms with van der Waals surface area (Å²) in [7, 11) is 0. The summed E-state index contributed by atoms with van der Waals surface area (Å²) in [6.07, 6.45) is 4.66. The van der Waals surface area contributed by atoms with Gasteiger partial charge in [0.05, 0.1) is 12.0 Å². The Labute approximate surface area is 140 Å². The van der Waals surface area contributed by atoms with Gasteiger partial charge >= 0.3 is 6.09 Å². The highest BCUT2D eigenvalue weighted by atomic mass is 35.5. The fourth-order valence-corrected chi connectivity index (χ4v) is 2.09. The number of imidazole rings is 1. The zero-order valence-electron chi connectivity index (χ0n) is 13.6. The van der Waals surface area contributed by atoms with Crippen LogP contribution in [-0.2, 0) is 11.3 Å². The molecular weight excluding hydrogens is 318 g/mol. The molecule has 8 heteroatoms. The van der Waals surface area contributed by atoms with Crippen molar-refractivity contribution in [2.75, 3.05) is 0 Å². The van der Waals surface area contributed by atoms with Crippen molar-refractivity contribution < 1.29 is 9.53 Å². The van der Waals surface area contributed by atoms with E-state index in [1.807, 2.05) is 38.5 Å². The highest BCUT2D eigenvalue weighted by Crippen LogP contribution is 2.15. The third kappa shape index (κ3) is 5.52.